The van der Waals surface area contributed by atoms with E-state index in [4.69, 9.17) is 19.6 Å². The van der Waals surface area contributed by atoms with E-state index in [0.29, 0.717) is 5.92 Å². The monoisotopic (exact) mass is 279 g/mol. The number of furan rings is 1. The number of hydrogen-bond donors (Lipinski definition) is 1. The lowest BCUT2D eigenvalue weighted by atomic mass is 9.76. The molecule has 3 heterocycles. The normalized spacial score (nSPS) is 27.6. The third-order valence-electron chi connectivity index (χ3n) is 4.90. The topological polar surface area (TPSA) is 57.6 Å². The van der Waals surface area contributed by atoms with Crippen LogP contribution in [0.25, 0.3) is 0 Å². The summed E-state index contributed by atoms with van der Waals surface area (Å²) in [7, 11) is 0. The fourth-order valence-electron chi connectivity index (χ4n) is 3.65. The molecule has 2 saturated heterocycles. The Kier molecular flexibility index (Phi) is 4.15. The Hall–Kier alpha value is -0.840. The molecule has 0 amide bonds. The van der Waals surface area contributed by atoms with E-state index >= 15 is 0 Å². The minimum atomic E-state index is 0.00883. The average Bonchev–Trinajstić information content (AvgIpc) is 2.96. The summed E-state index contributed by atoms with van der Waals surface area (Å²) in [5, 5.41) is 0. The summed E-state index contributed by atoms with van der Waals surface area (Å²) in [6.07, 6.45) is 6.75. The Bertz CT molecular complexity index is 431. The average molecular weight is 279 g/mol. The van der Waals surface area contributed by atoms with E-state index in [0.717, 1.165) is 57.7 Å². The zero-order valence-corrected chi connectivity index (χ0v) is 12.3. The molecule has 1 spiro atoms. The second-order valence-corrected chi connectivity index (χ2v) is 6.08. The van der Waals surface area contributed by atoms with E-state index in [9.17, 15) is 0 Å². The Morgan fingerprint density at radius 2 is 2.15 bits per heavy atom. The van der Waals surface area contributed by atoms with Crippen LogP contribution in [-0.2, 0) is 15.9 Å². The van der Waals surface area contributed by atoms with Crippen LogP contribution >= 0.6 is 0 Å². The number of nitrogens with two attached hydrogens (primary N) is 1. The van der Waals surface area contributed by atoms with Gasteiger partial charge in [0.2, 0.25) is 0 Å². The van der Waals surface area contributed by atoms with Gasteiger partial charge in [-0.05, 0) is 37.7 Å². The predicted octanol–water partition coefficient (Wildman–Crippen LogP) is 2.82. The molecule has 2 aliphatic rings. The Labute approximate surface area is 120 Å². The Balaban J connectivity index is 1.73. The lowest BCUT2D eigenvalue weighted by Crippen LogP contribution is -2.46. The van der Waals surface area contributed by atoms with Crippen molar-refractivity contribution in [2.75, 3.05) is 19.8 Å². The molecule has 2 aliphatic heterocycles. The molecule has 2 fully saturated rings. The van der Waals surface area contributed by atoms with Crippen molar-refractivity contribution in [3.63, 3.8) is 0 Å². The molecule has 20 heavy (non-hydrogen) atoms. The van der Waals surface area contributed by atoms with Gasteiger partial charge in [-0.15, -0.1) is 0 Å². The smallest absolute Gasteiger partial charge is 0.108 e. The zero-order valence-electron chi connectivity index (χ0n) is 12.3. The van der Waals surface area contributed by atoms with E-state index < -0.39 is 0 Å². The van der Waals surface area contributed by atoms with Gasteiger partial charge in [0.05, 0.1) is 11.9 Å². The van der Waals surface area contributed by atoms with Crippen molar-refractivity contribution in [3.8, 4) is 0 Å². The molecule has 0 saturated carbocycles. The molecule has 0 aliphatic carbocycles. The minimum Gasteiger partial charge on any atom is -0.469 e. The molecule has 4 heteroatoms. The largest absolute Gasteiger partial charge is 0.469 e. The molecule has 2 N–H and O–H groups in total. The van der Waals surface area contributed by atoms with Gasteiger partial charge in [-0.3, -0.25) is 0 Å². The molecular weight excluding hydrogens is 254 g/mol. The first-order valence-corrected chi connectivity index (χ1v) is 7.78. The molecule has 1 aromatic rings. The number of aryl methyl sites for hydroxylation is 1. The molecule has 1 aromatic heterocycles. The molecule has 0 radical (unpaired) electrons. The van der Waals surface area contributed by atoms with Crippen molar-refractivity contribution in [2.24, 2.45) is 11.7 Å². The second-order valence-electron chi connectivity index (χ2n) is 6.08. The Morgan fingerprint density at radius 1 is 1.35 bits per heavy atom. The van der Waals surface area contributed by atoms with E-state index in [-0.39, 0.29) is 11.6 Å². The van der Waals surface area contributed by atoms with Gasteiger partial charge in [0.15, 0.2) is 0 Å². The summed E-state index contributed by atoms with van der Waals surface area (Å²) in [5.74, 6) is 1.51. The summed E-state index contributed by atoms with van der Waals surface area (Å²) >= 11 is 0. The number of ether oxygens (including phenoxy) is 2. The highest BCUT2D eigenvalue weighted by Crippen LogP contribution is 2.41. The fraction of sp³-hybridized carbons (Fsp3) is 0.750. The first-order chi connectivity index (χ1) is 9.74. The lowest BCUT2D eigenvalue weighted by molar-refractivity contribution is -0.149. The van der Waals surface area contributed by atoms with Crippen LogP contribution in [0.2, 0.25) is 0 Å². The lowest BCUT2D eigenvalue weighted by Gasteiger charge is -2.44. The van der Waals surface area contributed by atoms with Crippen LogP contribution in [0.3, 0.4) is 0 Å². The van der Waals surface area contributed by atoms with E-state index in [1.807, 2.05) is 6.07 Å². The van der Waals surface area contributed by atoms with Crippen molar-refractivity contribution in [3.05, 3.63) is 23.7 Å². The molecule has 2 unspecified atom stereocenters. The van der Waals surface area contributed by atoms with Crippen molar-refractivity contribution in [1.82, 2.24) is 0 Å². The van der Waals surface area contributed by atoms with Gasteiger partial charge >= 0.3 is 0 Å². The van der Waals surface area contributed by atoms with Gasteiger partial charge in [0.1, 0.15) is 5.76 Å². The summed E-state index contributed by atoms with van der Waals surface area (Å²) in [4.78, 5) is 0. The van der Waals surface area contributed by atoms with Crippen molar-refractivity contribution < 1.29 is 13.9 Å². The van der Waals surface area contributed by atoms with Gasteiger partial charge in [0, 0.05) is 37.8 Å². The summed E-state index contributed by atoms with van der Waals surface area (Å²) < 4.78 is 17.1. The maximum Gasteiger partial charge on any atom is 0.108 e. The van der Waals surface area contributed by atoms with Crippen LogP contribution in [0.4, 0.5) is 0 Å². The van der Waals surface area contributed by atoms with Gasteiger partial charge < -0.3 is 19.6 Å². The molecule has 3 rings (SSSR count). The quantitative estimate of drug-likeness (QED) is 0.924. The molecule has 4 nitrogen and oxygen atoms in total. The first-order valence-electron chi connectivity index (χ1n) is 7.78. The standard InChI is InChI=1S/C16H25NO3/c1-2-14-13(4-7-19-14)15(17)12-3-8-20-16(11-12)5-9-18-10-6-16/h4,7,12,15H,2-3,5-6,8-11,17H2,1H3. The minimum absolute atomic E-state index is 0.00883. The number of hydrogen-bond acceptors (Lipinski definition) is 4. The SMILES string of the molecule is CCc1occc1C(N)C1CCOC2(CCOCC2)C1. The highest BCUT2D eigenvalue weighted by molar-refractivity contribution is 5.22. The summed E-state index contributed by atoms with van der Waals surface area (Å²) in [6, 6.07) is 2.10. The third-order valence-corrected chi connectivity index (χ3v) is 4.90. The third kappa shape index (κ3) is 2.65. The Morgan fingerprint density at radius 3 is 2.90 bits per heavy atom. The van der Waals surface area contributed by atoms with Crippen LogP contribution in [0, 0.1) is 5.92 Å². The van der Waals surface area contributed by atoms with Gasteiger partial charge in [-0.2, -0.15) is 0 Å². The van der Waals surface area contributed by atoms with Gasteiger partial charge in [-0.25, -0.2) is 0 Å². The first kappa shape index (κ1) is 14.1. The highest BCUT2D eigenvalue weighted by atomic mass is 16.5. The molecule has 0 bridgehead atoms. The molecule has 2 atom stereocenters. The van der Waals surface area contributed by atoms with Crippen LogP contribution in [0.5, 0.6) is 0 Å². The summed E-state index contributed by atoms with van der Waals surface area (Å²) in [6.45, 7) is 4.55. The maximum absolute atomic E-state index is 6.53. The van der Waals surface area contributed by atoms with Gasteiger partial charge in [0.25, 0.3) is 0 Å². The van der Waals surface area contributed by atoms with Crippen LogP contribution < -0.4 is 5.73 Å². The molecular formula is C16H25NO3. The zero-order chi connectivity index (χ0) is 14.0. The van der Waals surface area contributed by atoms with Crippen molar-refractivity contribution >= 4 is 0 Å². The highest BCUT2D eigenvalue weighted by Gasteiger charge is 2.41. The molecule has 112 valence electrons. The van der Waals surface area contributed by atoms with Crippen LogP contribution in [0.15, 0.2) is 16.7 Å². The van der Waals surface area contributed by atoms with Crippen LogP contribution in [-0.4, -0.2) is 25.4 Å². The van der Waals surface area contributed by atoms with Crippen molar-refractivity contribution in [1.29, 1.82) is 0 Å². The summed E-state index contributed by atoms with van der Waals surface area (Å²) in [5.41, 5.74) is 7.72. The fourth-order valence-corrected chi connectivity index (χ4v) is 3.65. The molecule has 0 aromatic carbocycles. The maximum atomic E-state index is 6.53. The predicted molar refractivity (Wildman–Crippen MR) is 76.5 cm³/mol. The van der Waals surface area contributed by atoms with E-state index in [1.165, 1.54) is 5.56 Å². The van der Waals surface area contributed by atoms with Crippen LogP contribution in [0.1, 0.15) is 50.0 Å². The number of rotatable bonds is 3. The van der Waals surface area contributed by atoms with Crippen molar-refractivity contribution in [2.45, 2.75) is 50.7 Å². The second kappa shape index (κ2) is 5.88. The van der Waals surface area contributed by atoms with Gasteiger partial charge in [-0.1, -0.05) is 6.92 Å². The van der Waals surface area contributed by atoms with E-state index in [2.05, 4.69) is 6.92 Å². The van der Waals surface area contributed by atoms with E-state index in [1.54, 1.807) is 6.26 Å².